The molecular formula is C20H20FN3O5. The summed E-state index contributed by atoms with van der Waals surface area (Å²) in [5.74, 6) is -3.16. The number of fused-ring (bicyclic) bond motifs is 1. The van der Waals surface area contributed by atoms with Gasteiger partial charge < -0.3 is 20.8 Å². The van der Waals surface area contributed by atoms with Gasteiger partial charge in [-0.25, -0.2) is 4.39 Å². The third kappa shape index (κ3) is 4.09. The number of primary amides is 1. The van der Waals surface area contributed by atoms with Gasteiger partial charge in [-0.3, -0.25) is 19.4 Å². The first-order valence-corrected chi connectivity index (χ1v) is 9.03. The van der Waals surface area contributed by atoms with Crippen LogP contribution in [0, 0.1) is 5.82 Å². The number of pyridine rings is 1. The van der Waals surface area contributed by atoms with E-state index < -0.39 is 29.6 Å². The van der Waals surface area contributed by atoms with E-state index in [-0.39, 0.29) is 42.7 Å². The number of nitrogens with two attached hydrogens (primary N) is 1. The molecule has 0 fully saturated rings. The molecule has 1 aromatic carbocycles. The summed E-state index contributed by atoms with van der Waals surface area (Å²) in [5, 5.41) is 17.9. The summed E-state index contributed by atoms with van der Waals surface area (Å²) in [6.45, 7) is -0.234. The summed E-state index contributed by atoms with van der Waals surface area (Å²) in [6, 6.07) is 5.15. The molecule has 0 saturated carbocycles. The third-order valence-corrected chi connectivity index (χ3v) is 4.90. The Morgan fingerprint density at radius 1 is 1.28 bits per heavy atom. The number of aliphatic hydroxyl groups is 1. The molecule has 1 aliphatic heterocycles. The lowest BCUT2D eigenvalue weighted by Gasteiger charge is -2.24. The first kappa shape index (κ1) is 20.4. The molecule has 2 aromatic rings. The summed E-state index contributed by atoms with van der Waals surface area (Å²) < 4.78 is 15.2. The highest BCUT2D eigenvalue weighted by atomic mass is 19.1. The molecular weight excluding hydrogens is 381 g/mol. The maximum Gasteiger partial charge on any atom is 0.303 e. The molecule has 0 unspecified atom stereocenters. The maximum atomic E-state index is 15.2. The highest BCUT2D eigenvalue weighted by Gasteiger charge is 2.37. The molecule has 0 aliphatic carbocycles. The second kappa shape index (κ2) is 8.36. The Bertz CT molecular complexity index is 979. The number of rotatable bonds is 8. The van der Waals surface area contributed by atoms with Crippen LogP contribution in [0.2, 0.25) is 0 Å². The van der Waals surface area contributed by atoms with Crippen molar-refractivity contribution < 1.29 is 29.0 Å². The molecule has 1 atom stereocenters. The van der Waals surface area contributed by atoms with Gasteiger partial charge in [0, 0.05) is 35.9 Å². The molecule has 152 valence electrons. The van der Waals surface area contributed by atoms with Gasteiger partial charge in [0.2, 0.25) is 5.91 Å². The molecule has 0 spiro atoms. The van der Waals surface area contributed by atoms with Crippen LogP contribution in [0.25, 0.3) is 11.3 Å². The second-order valence-corrected chi connectivity index (χ2v) is 6.76. The minimum Gasteiger partial charge on any atom is -0.481 e. The Kier molecular flexibility index (Phi) is 5.88. The number of amides is 2. The van der Waals surface area contributed by atoms with E-state index in [2.05, 4.69) is 4.98 Å². The summed E-state index contributed by atoms with van der Waals surface area (Å²) in [6.07, 6.45) is 1.42. The third-order valence-electron chi connectivity index (χ3n) is 4.90. The van der Waals surface area contributed by atoms with E-state index in [4.69, 9.17) is 15.9 Å². The van der Waals surface area contributed by atoms with E-state index in [0.29, 0.717) is 12.1 Å². The van der Waals surface area contributed by atoms with Crippen molar-refractivity contribution in [1.82, 2.24) is 9.88 Å². The van der Waals surface area contributed by atoms with Crippen LogP contribution in [0.15, 0.2) is 30.5 Å². The first-order valence-electron chi connectivity index (χ1n) is 9.03. The standard InChI is InChI=1S/C20H20FN3O5/c21-18-13(15-9-11(6-8-25)5-7-23-15)2-1-12-14(18)10-24(20(12)29)16(19(22)28)3-4-17(26)27/h1-2,5,7,9,16,25H,3-4,6,8,10H2,(H2,22,28)(H,26,27)/t16-/m0/s1. The van der Waals surface area contributed by atoms with Gasteiger partial charge >= 0.3 is 5.97 Å². The molecule has 2 heterocycles. The zero-order valence-electron chi connectivity index (χ0n) is 15.5. The van der Waals surface area contributed by atoms with Crippen LogP contribution in [0.3, 0.4) is 0 Å². The number of hydrogen-bond acceptors (Lipinski definition) is 5. The molecule has 1 aromatic heterocycles. The number of aliphatic hydroxyl groups excluding tert-OH is 1. The number of halogens is 1. The molecule has 4 N–H and O–H groups in total. The summed E-state index contributed by atoms with van der Waals surface area (Å²) in [5.41, 5.74) is 6.92. The number of nitrogens with zero attached hydrogens (tertiary/aromatic N) is 2. The summed E-state index contributed by atoms with van der Waals surface area (Å²) in [4.78, 5) is 40.6. The van der Waals surface area contributed by atoms with E-state index in [0.717, 1.165) is 10.5 Å². The Morgan fingerprint density at radius 3 is 2.66 bits per heavy atom. The number of carboxylic acid groups (broad SMARTS) is 1. The minimum absolute atomic E-state index is 0.0512. The number of aromatic nitrogens is 1. The Balaban J connectivity index is 1.94. The normalized spacial score (nSPS) is 14.0. The molecule has 2 amide bonds. The highest BCUT2D eigenvalue weighted by molar-refractivity contribution is 6.01. The fraction of sp³-hybridized carbons (Fsp3) is 0.300. The van der Waals surface area contributed by atoms with Crippen molar-refractivity contribution >= 4 is 17.8 Å². The van der Waals surface area contributed by atoms with Gasteiger partial charge in [0.05, 0.1) is 12.2 Å². The van der Waals surface area contributed by atoms with Crippen molar-refractivity contribution in [2.75, 3.05) is 6.61 Å². The number of carboxylic acids is 1. The first-order chi connectivity index (χ1) is 13.8. The van der Waals surface area contributed by atoms with E-state index in [1.54, 1.807) is 12.1 Å². The van der Waals surface area contributed by atoms with Crippen LogP contribution in [0.4, 0.5) is 4.39 Å². The number of benzene rings is 1. The molecule has 0 bridgehead atoms. The van der Waals surface area contributed by atoms with Crippen molar-refractivity contribution in [3.05, 3.63) is 53.0 Å². The molecule has 9 heteroatoms. The lowest BCUT2D eigenvalue weighted by atomic mass is 10.0. The average Bonchev–Trinajstić information content (AvgIpc) is 3.00. The van der Waals surface area contributed by atoms with Crippen molar-refractivity contribution in [1.29, 1.82) is 0 Å². The molecule has 29 heavy (non-hydrogen) atoms. The molecule has 0 saturated heterocycles. The number of carbonyl (C=O) groups excluding carboxylic acids is 2. The smallest absolute Gasteiger partial charge is 0.303 e. The van der Waals surface area contributed by atoms with E-state index >= 15 is 4.39 Å². The van der Waals surface area contributed by atoms with Crippen molar-refractivity contribution in [2.24, 2.45) is 5.73 Å². The zero-order valence-corrected chi connectivity index (χ0v) is 15.5. The summed E-state index contributed by atoms with van der Waals surface area (Å²) in [7, 11) is 0. The molecule has 8 nitrogen and oxygen atoms in total. The minimum atomic E-state index is -1.14. The van der Waals surface area contributed by atoms with Gasteiger partial charge in [0.25, 0.3) is 5.91 Å². The van der Waals surface area contributed by atoms with Gasteiger partial charge in [-0.1, -0.05) is 0 Å². The fourth-order valence-corrected chi connectivity index (χ4v) is 3.44. The van der Waals surface area contributed by atoms with Crippen LogP contribution in [0.1, 0.15) is 34.3 Å². The summed E-state index contributed by atoms with van der Waals surface area (Å²) >= 11 is 0. The van der Waals surface area contributed by atoms with Crippen LogP contribution in [0.5, 0.6) is 0 Å². The van der Waals surface area contributed by atoms with Gasteiger partial charge in [-0.05, 0) is 42.7 Å². The van der Waals surface area contributed by atoms with Gasteiger partial charge in [0.15, 0.2) is 0 Å². The van der Waals surface area contributed by atoms with Crippen LogP contribution in [-0.4, -0.2) is 50.5 Å². The van der Waals surface area contributed by atoms with Crippen LogP contribution >= 0.6 is 0 Å². The number of aliphatic carboxylic acids is 1. The van der Waals surface area contributed by atoms with E-state index in [9.17, 15) is 14.4 Å². The predicted octanol–water partition coefficient (Wildman–Crippen LogP) is 1.10. The van der Waals surface area contributed by atoms with Crippen molar-refractivity contribution in [3.63, 3.8) is 0 Å². The zero-order chi connectivity index (χ0) is 21.1. The Morgan fingerprint density at radius 2 is 2.00 bits per heavy atom. The van der Waals surface area contributed by atoms with Gasteiger partial charge in [-0.2, -0.15) is 0 Å². The molecule has 0 radical (unpaired) electrons. The van der Waals surface area contributed by atoms with Crippen LogP contribution in [-0.2, 0) is 22.6 Å². The average molecular weight is 401 g/mol. The van der Waals surface area contributed by atoms with Gasteiger partial charge in [-0.15, -0.1) is 0 Å². The highest BCUT2D eigenvalue weighted by Crippen LogP contribution is 2.33. The van der Waals surface area contributed by atoms with Crippen LogP contribution < -0.4 is 5.73 Å². The van der Waals surface area contributed by atoms with E-state index in [1.807, 2.05) is 0 Å². The Hall–Kier alpha value is -3.33. The van der Waals surface area contributed by atoms with Crippen molar-refractivity contribution in [2.45, 2.75) is 31.8 Å². The number of carbonyl (C=O) groups is 3. The topological polar surface area (TPSA) is 134 Å². The molecule has 3 rings (SSSR count). The quantitative estimate of drug-likeness (QED) is 0.606. The Labute approximate surface area is 165 Å². The molecule has 1 aliphatic rings. The SMILES string of the molecule is NC(=O)[C@H](CCC(=O)O)N1Cc2c(ccc(-c3cc(CCO)ccn3)c2F)C1=O. The predicted molar refractivity (Wildman–Crippen MR) is 100 cm³/mol. The lowest BCUT2D eigenvalue weighted by Crippen LogP contribution is -2.45. The maximum absolute atomic E-state index is 15.2. The van der Waals surface area contributed by atoms with Gasteiger partial charge in [0.1, 0.15) is 11.9 Å². The second-order valence-electron chi connectivity index (χ2n) is 6.76. The fourth-order valence-electron chi connectivity index (χ4n) is 3.44. The van der Waals surface area contributed by atoms with Crippen molar-refractivity contribution in [3.8, 4) is 11.3 Å². The van der Waals surface area contributed by atoms with E-state index in [1.165, 1.54) is 18.3 Å². The lowest BCUT2D eigenvalue weighted by molar-refractivity contribution is -0.137. The monoisotopic (exact) mass is 401 g/mol. The largest absolute Gasteiger partial charge is 0.481 e. The number of hydrogen-bond donors (Lipinski definition) is 3.